The number of carbonyl (C=O) groups excluding carboxylic acids is 1. The molecule has 1 aliphatic carbocycles. The van der Waals surface area contributed by atoms with Gasteiger partial charge in [0, 0.05) is 18.2 Å². The number of amides is 1. The van der Waals surface area contributed by atoms with Gasteiger partial charge in [-0.05, 0) is 51.6 Å². The van der Waals surface area contributed by atoms with Gasteiger partial charge in [-0.25, -0.2) is 5.84 Å². The Balaban J connectivity index is 1.99. The van der Waals surface area contributed by atoms with Crippen LogP contribution in [0, 0.1) is 12.8 Å². The van der Waals surface area contributed by atoms with Crippen molar-refractivity contribution in [2.24, 2.45) is 11.8 Å². The molecule has 1 fully saturated rings. The van der Waals surface area contributed by atoms with Gasteiger partial charge in [0.25, 0.3) is 0 Å². The average Bonchev–Trinajstić information content (AvgIpc) is 2.80. The molecular weight excluding hydrogens is 254 g/mol. The van der Waals surface area contributed by atoms with Gasteiger partial charge >= 0.3 is 5.91 Å². The molecule has 1 amide bonds. The van der Waals surface area contributed by atoms with E-state index in [2.05, 4.69) is 24.3 Å². The Kier molecular flexibility index (Phi) is 4.83. The third kappa shape index (κ3) is 3.41. The summed E-state index contributed by atoms with van der Waals surface area (Å²) < 4.78 is 5.45. The van der Waals surface area contributed by atoms with E-state index in [-0.39, 0.29) is 11.7 Å². The van der Waals surface area contributed by atoms with Gasteiger partial charge in [-0.15, -0.1) is 0 Å². The summed E-state index contributed by atoms with van der Waals surface area (Å²) in [4.78, 5) is 13.8. The summed E-state index contributed by atoms with van der Waals surface area (Å²) in [6, 6.07) is 2.42. The number of hydrogen-bond acceptors (Lipinski definition) is 4. The van der Waals surface area contributed by atoms with E-state index in [0.29, 0.717) is 6.04 Å². The molecule has 0 atom stereocenters. The Labute approximate surface area is 120 Å². The molecule has 5 heteroatoms. The Morgan fingerprint density at radius 2 is 2.10 bits per heavy atom. The zero-order chi connectivity index (χ0) is 14.7. The lowest BCUT2D eigenvalue weighted by Gasteiger charge is -2.33. The molecule has 112 valence electrons. The van der Waals surface area contributed by atoms with Gasteiger partial charge in [0.05, 0.1) is 0 Å². The van der Waals surface area contributed by atoms with Gasteiger partial charge in [-0.2, -0.15) is 0 Å². The maximum absolute atomic E-state index is 11.5. The fourth-order valence-electron chi connectivity index (χ4n) is 2.94. The van der Waals surface area contributed by atoms with Crippen molar-refractivity contribution in [2.45, 2.75) is 52.1 Å². The van der Waals surface area contributed by atoms with Gasteiger partial charge in [0.2, 0.25) is 0 Å². The Bertz CT molecular complexity index is 462. The van der Waals surface area contributed by atoms with E-state index in [1.54, 1.807) is 6.07 Å². The quantitative estimate of drug-likeness (QED) is 0.503. The monoisotopic (exact) mass is 279 g/mol. The summed E-state index contributed by atoms with van der Waals surface area (Å²) in [5, 5.41) is 0. The van der Waals surface area contributed by atoms with E-state index >= 15 is 0 Å². The van der Waals surface area contributed by atoms with Crippen LogP contribution in [0.5, 0.6) is 0 Å². The first-order chi connectivity index (χ1) is 9.51. The molecule has 0 aromatic carbocycles. The third-order valence-corrected chi connectivity index (χ3v) is 4.40. The van der Waals surface area contributed by atoms with Crippen molar-refractivity contribution < 1.29 is 9.21 Å². The predicted octanol–water partition coefficient (Wildman–Crippen LogP) is 2.20. The lowest BCUT2D eigenvalue weighted by atomic mass is 9.86. The normalized spacial score (nSPS) is 23.1. The van der Waals surface area contributed by atoms with Crippen molar-refractivity contribution in [1.82, 2.24) is 10.3 Å². The number of hydrazine groups is 1. The first kappa shape index (κ1) is 15.1. The van der Waals surface area contributed by atoms with Crippen LogP contribution in [0.2, 0.25) is 0 Å². The molecule has 0 saturated heterocycles. The molecule has 1 aliphatic rings. The van der Waals surface area contributed by atoms with Crippen LogP contribution in [0.25, 0.3) is 0 Å². The molecule has 0 radical (unpaired) electrons. The standard InChI is InChI=1S/C15H25N3O2/c1-10-4-6-13(7-5-10)18(3)9-12-8-14(15(19)17-16)20-11(12)2/h8,10,13H,4-7,9,16H2,1-3H3,(H,17,19). The minimum Gasteiger partial charge on any atom is -0.456 e. The van der Waals surface area contributed by atoms with E-state index in [0.717, 1.165) is 23.8 Å². The van der Waals surface area contributed by atoms with E-state index in [1.807, 2.05) is 6.92 Å². The molecule has 0 aliphatic heterocycles. The number of nitrogens with one attached hydrogen (secondary N) is 1. The summed E-state index contributed by atoms with van der Waals surface area (Å²) >= 11 is 0. The van der Waals surface area contributed by atoms with E-state index in [1.165, 1.54) is 25.7 Å². The van der Waals surface area contributed by atoms with Crippen LogP contribution in [-0.4, -0.2) is 23.9 Å². The van der Waals surface area contributed by atoms with Gasteiger partial charge in [-0.3, -0.25) is 15.1 Å². The maximum atomic E-state index is 11.5. The molecule has 1 heterocycles. The van der Waals surface area contributed by atoms with Gasteiger partial charge in [-0.1, -0.05) is 6.92 Å². The summed E-state index contributed by atoms with van der Waals surface area (Å²) in [5.74, 6) is 6.67. The summed E-state index contributed by atoms with van der Waals surface area (Å²) in [5.41, 5.74) is 3.16. The van der Waals surface area contributed by atoms with E-state index in [4.69, 9.17) is 10.3 Å². The highest BCUT2D eigenvalue weighted by atomic mass is 16.4. The fraction of sp³-hybridized carbons (Fsp3) is 0.667. The highest BCUT2D eigenvalue weighted by Crippen LogP contribution is 2.28. The molecule has 1 aromatic heterocycles. The summed E-state index contributed by atoms with van der Waals surface area (Å²) in [6.45, 7) is 5.03. The van der Waals surface area contributed by atoms with Crippen LogP contribution < -0.4 is 11.3 Å². The van der Waals surface area contributed by atoms with E-state index in [9.17, 15) is 4.79 Å². The van der Waals surface area contributed by atoms with Crippen LogP contribution in [0.3, 0.4) is 0 Å². The van der Waals surface area contributed by atoms with E-state index < -0.39 is 0 Å². The second-order valence-corrected chi connectivity index (χ2v) is 5.99. The first-order valence-corrected chi connectivity index (χ1v) is 7.31. The largest absolute Gasteiger partial charge is 0.456 e. The molecule has 0 bridgehead atoms. The topological polar surface area (TPSA) is 71.5 Å². The lowest BCUT2D eigenvalue weighted by Crippen LogP contribution is -2.34. The molecule has 0 spiro atoms. The molecule has 2 rings (SSSR count). The summed E-state index contributed by atoms with van der Waals surface area (Å²) in [7, 11) is 2.15. The molecular formula is C15H25N3O2. The molecule has 5 nitrogen and oxygen atoms in total. The number of carbonyl (C=O) groups is 1. The number of rotatable bonds is 4. The minimum absolute atomic E-state index is 0.283. The number of furan rings is 1. The number of aryl methyl sites for hydroxylation is 1. The first-order valence-electron chi connectivity index (χ1n) is 7.31. The van der Waals surface area contributed by atoms with Crippen molar-refractivity contribution in [3.05, 3.63) is 23.2 Å². The molecule has 3 N–H and O–H groups in total. The minimum atomic E-state index is -0.381. The van der Waals surface area contributed by atoms with Crippen molar-refractivity contribution in [2.75, 3.05) is 7.05 Å². The van der Waals surface area contributed by atoms with Crippen molar-refractivity contribution in [3.63, 3.8) is 0 Å². The van der Waals surface area contributed by atoms with Gasteiger partial charge in [0.1, 0.15) is 5.76 Å². The van der Waals surface area contributed by atoms with Gasteiger partial charge in [0.15, 0.2) is 5.76 Å². The zero-order valence-electron chi connectivity index (χ0n) is 12.6. The second kappa shape index (κ2) is 6.41. The Morgan fingerprint density at radius 1 is 1.45 bits per heavy atom. The van der Waals surface area contributed by atoms with Crippen molar-refractivity contribution in [1.29, 1.82) is 0 Å². The van der Waals surface area contributed by atoms with Crippen LogP contribution in [0.4, 0.5) is 0 Å². The van der Waals surface area contributed by atoms with Crippen LogP contribution in [-0.2, 0) is 6.54 Å². The molecule has 20 heavy (non-hydrogen) atoms. The zero-order valence-corrected chi connectivity index (χ0v) is 12.6. The predicted molar refractivity (Wildman–Crippen MR) is 78.0 cm³/mol. The van der Waals surface area contributed by atoms with Crippen LogP contribution in [0.15, 0.2) is 10.5 Å². The highest BCUT2D eigenvalue weighted by Gasteiger charge is 2.23. The Morgan fingerprint density at radius 3 is 2.70 bits per heavy atom. The second-order valence-electron chi connectivity index (χ2n) is 5.99. The smallest absolute Gasteiger partial charge is 0.300 e. The molecule has 0 unspecified atom stereocenters. The highest BCUT2D eigenvalue weighted by molar-refractivity contribution is 5.91. The van der Waals surface area contributed by atoms with Crippen LogP contribution >= 0.6 is 0 Å². The maximum Gasteiger partial charge on any atom is 0.300 e. The van der Waals surface area contributed by atoms with Crippen molar-refractivity contribution >= 4 is 5.91 Å². The fourth-order valence-corrected chi connectivity index (χ4v) is 2.94. The van der Waals surface area contributed by atoms with Gasteiger partial charge < -0.3 is 4.42 Å². The molecule has 1 saturated carbocycles. The average molecular weight is 279 g/mol. The number of nitrogen functional groups attached to an aromatic ring is 1. The van der Waals surface area contributed by atoms with Crippen molar-refractivity contribution in [3.8, 4) is 0 Å². The number of nitrogens with two attached hydrogens (primary N) is 1. The summed E-state index contributed by atoms with van der Waals surface area (Å²) in [6.07, 6.45) is 5.12. The third-order valence-electron chi connectivity index (χ3n) is 4.40. The van der Waals surface area contributed by atoms with Crippen LogP contribution in [0.1, 0.15) is 54.5 Å². The molecule has 1 aromatic rings. The Hall–Kier alpha value is -1.33. The SMILES string of the molecule is Cc1oc(C(=O)NN)cc1CN(C)C1CCC(C)CC1. The number of hydrogen-bond donors (Lipinski definition) is 2. The lowest BCUT2D eigenvalue weighted by molar-refractivity contribution is 0.0924. The number of nitrogens with zero attached hydrogens (tertiary/aromatic N) is 1.